The molecule has 0 saturated heterocycles. The normalized spacial score (nSPS) is 30.6. The summed E-state index contributed by atoms with van der Waals surface area (Å²) in [5.41, 5.74) is 0. The molecule has 0 bridgehead atoms. The largest absolute Gasteiger partial charge is 0.307 e. The Balaban J connectivity index is 1.81. The van der Waals surface area contributed by atoms with Crippen molar-refractivity contribution in [2.24, 2.45) is 11.8 Å². The minimum absolute atomic E-state index is 0.652. The zero-order chi connectivity index (χ0) is 11.5. The molecule has 1 N–H and O–H groups in total. The Hall–Kier alpha value is -0.120. The molecule has 0 aromatic carbocycles. The average molecular weight is 259 g/mol. The molecule has 1 aromatic rings. The van der Waals surface area contributed by atoms with Crippen LogP contribution >= 0.6 is 22.9 Å². The molecule has 90 valence electrons. The van der Waals surface area contributed by atoms with Gasteiger partial charge in [-0.05, 0) is 31.1 Å². The summed E-state index contributed by atoms with van der Waals surface area (Å²) in [7, 11) is 0. The van der Waals surface area contributed by atoms with Crippen molar-refractivity contribution in [2.75, 3.05) is 0 Å². The molecule has 4 heteroatoms. The lowest BCUT2D eigenvalue weighted by molar-refractivity contribution is 0.227. The standard InChI is InChI=1S/C12H19ClN2S/c1-8-3-4-10(9(2)5-8)14-7-12-15-6-11(13)16-12/h6,8-10,14H,3-5,7H2,1-2H3. The zero-order valence-corrected chi connectivity index (χ0v) is 11.4. The van der Waals surface area contributed by atoms with Crippen LogP contribution in [-0.4, -0.2) is 11.0 Å². The number of hydrogen-bond acceptors (Lipinski definition) is 3. The number of rotatable bonds is 3. The Morgan fingerprint density at radius 1 is 1.50 bits per heavy atom. The van der Waals surface area contributed by atoms with Crippen molar-refractivity contribution < 1.29 is 0 Å². The van der Waals surface area contributed by atoms with Gasteiger partial charge in [0.1, 0.15) is 9.34 Å². The van der Waals surface area contributed by atoms with Crippen LogP contribution in [0.4, 0.5) is 0 Å². The van der Waals surface area contributed by atoms with E-state index in [1.165, 1.54) is 19.3 Å². The van der Waals surface area contributed by atoms with Crippen LogP contribution in [0.25, 0.3) is 0 Å². The van der Waals surface area contributed by atoms with Crippen LogP contribution in [0.15, 0.2) is 6.20 Å². The molecule has 0 amide bonds. The zero-order valence-electron chi connectivity index (χ0n) is 9.87. The molecule has 1 saturated carbocycles. The molecule has 2 rings (SSSR count). The van der Waals surface area contributed by atoms with E-state index in [1.807, 2.05) is 0 Å². The molecule has 0 aliphatic heterocycles. The fraction of sp³-hybridized carbons (Fsp3) is 0.750. The fourth-order valence-corrected chi connectivity index (χ4v) is 3.46. The monoisotopic (exact) mass is 258 g/mol. The third-order valence-electron chi connectivity index (χ3n) is 3.47. The molecular weight excluding hydrogens is 240 g/mol. The fourth-order valence-electron chi connectivity index (χ4n) is 2.56. The van der Waals surface area contributed by atoms with Crippen LogP contribution in [0, 0.1) is 11.8 Å². The highest BCUT2D eigenvalue weighted by Crippen LogP contribution is 2.29. The smallest absolute Gasteiger partial charge is 0.113 e. The number of thiazole rings is 1. The second kappa shape index (κ2) is 5.48. The molecule has 3 atom stereocenters. The molecular formula is C12H19ClN2S. The van der Waals surface area contributed by atoms with E-state index in [-0.39, 0.29) is 0 Å². The number of hydrogen-bond donors (Lipinski definition) is 1. The maximum atomic E-state index is 5.86. The summed E-state index contributed by atoms with van der Waals surface area (Å²) in [4.78, 5) is 4.26. The summed E-state index contributed by atoms with van der Waals surface area (Å²) in [6, 6.07) is 0.652. The van der Waals surface area contributed by atoms with Crippen LogP contribution in [-0.2, 0) is 6.54 Å². The van der Waals surface area contributed by atoms with E-state index in [1.54, 1.807) is 17.5 Å². The number of nitrogens with one attached hydrogen (secondary N) is 1. The summed E-state index contributed by atoms with van der Waals surface area (Å²) in [6.45, 7) is 5.57. The van der Waals surface area contributed by atoms with Crippen LogP contribution in [0.1, 0.15) is 38.1 Å². The topological polar surface area (TPSA) is 24.9 Å². The highest BCUT2D eigenvalue weighted by atomic mass is 35.5. The van der Waals surface area contributed by atoms with Crippen molar-refractivity contribution in [3.05, 3.63) is 15.5 Å². The summed E-state index contributed by atoms with van der Waals surface area (Å²) in [6.07, 6.45) is 5.72. The molecule has 3 unspecified atom stereocenters. The van der Waals surface area contributed by atoms with E-state index in [0.717, 1.165) is 27.7 Å². The average Bonchev–Trinajstić information content (AvgIpc) is 2.63. The van der Waals surface area contributed by atoms with E-state index in [2.05, 4.69) is 24.1 Å². The predicted molar refractivity (Wildman–Crippen MR) is 69.9 cm³/mol. The second-order valence-corrected chi connectivity index (χ2v) is 6.69. The number of halogens is 1. The lowest BCUT2D eigenvalue weighted by atomic mass is 9.80. The molecule has 1 aromatic heterocycles. The van der Waals surface area contributed by atoms with Gasteiger partial charge >= 0.3 is 0 Å². The van der Waals surface area contributed by atoms with E-state index in [4.69, 9.17) is 11.6 Å². The van der Waals surface area contributed by atoms with Crippen LogP contribution in [0.3, 0.4) is 0 Å². The molecule has 1 aliphatic rings. The minimum atomic E-state index is 0.652. The van der Waals surface area contributed by atoms with Gasteiger partial charge in [0, 0.05) is 12.6 Å². The molecule has 1 aliphatic carbocycles. The van der Waals surface area contributed by atoms with Crippen molar-refractivity contribution in [3.63, 3.8) is 0 Å². The lowest BCUT2D eigenvalue weighted by Gasteiger charge is -2.33. The number of nitrogens with zero attached hydrogens (tertiary/aromatic N) is 1. The maximum Gasteiger partial charge on any atom is 0.113 e. The van der Waals surface area contributed by atoms with Gasteiger partial charge in [-0.2, -0.15) is 0 Å². The van der Waals surface area contributed by atoms with E-state index < -0.39 is 0 Å². The predicted octanol–water partition coefficient (Wildman–Crippen LogP) is 3.71. The first-order valence-corrected chi connectivity index (χ1v) is 7.18. The quantitative estimate of drug-likeness (QED) is 0.894. The maximum absolute atomic E-state index is 5.86. The van der Waals surface area contributed by atoms with Crippen molar-refractivity contribution in [3.8, 4) is 0 Å². The first-order valence-electron chi connectivity index (χ1n) is 5.98. The van der Waals surface area contributed by atoms with Crippen molar-refractivity contribution in [1.29, 1.82) is 0 Å². The third kappa shape index (κ3) is 3.19. The second-order valence-electron chi connectivity index (χ2n) is 4.94. The van der Waals surface area contributed by atoms with Gasteiger partial charge in [-0.25, -0.2) is 4.98 Å². The van der Waals surface area contributed by atoms with Crippen LogP contribution < -0.4 is 5.32 Å². The van der Waals surface area contributed by atoms with E-state index >= 15 is 0 Å². The molecule has 2 nitrogen and oxygen atoms in total. The molecule has 1 heterocycles. The van der Waals surface area contributed by atoms with Crippen molar-refractivity contribution >= 4 is 22.9 Å². The van der Waals surface area contributed by atoms with Gasteiger partial charge in [-0.3, -0.25) is 0 Å². The van der Waals surface area contributed by atoms with Gasteiger partial charge in [-0.15, -0.1) is 11.3 Å². The first kappa shape index (κ1) is 12.3. The van der Waals surface area contributed by atoms with Crippen LogP contribution in [0.2, 0.25) is 4.34 Å². The molecule has 0 spiro atoms. The highest BCUT2D eigenvalue weighted by Gasteiger charge is 2.24. The molecule has 0 radical (unpaired) electrons. The summed E-state index contributed by atoms with van der Waals surface area (Å²) >= 11 is 7.43. The summed E-state index contributed by atoms with van der Waals surface area (Å²) in [5.74, 6) is 1.67. The molecule has 1 fully saturated rings. The minimum Gasteiger partial charge on any atom is -0.307 e. The molecule has 16 heavy (non-hydrogen) atoms. The Kier molecular flexibility index (Phi) is 4.22. The third-order valence-corrected chi connectivity index (χ3v) is 4.59. The van der Waals surface area contributed by atoms with Crippen LogP contribution in [0.5, 0.6) is 0 Å². The van der Waals surface area contributed by atoms with Gasteiger partial charge in [0.25, 0.3) is 0 Å². The van der Waals surface area contributed by atoms with Gasteiger partial charge in [0.15, 0.2) is 0 Å². The van der Waals surface area contributed by atoms with Gasteiger partial charge in [0.2, 0.25) is 0 Å². The Morgan fingerprint density at radius 3 is 2.94 bits per heavy atom. The Labute approximate surface area is 106 Å². The summed E-state index contributed by atoms with van der Waals surface area (Å²) < 4.78 is 0.780. The lowest BCUT2D eigenvalue weighted by Crippen LogP contribution is -2.38. The Morgan fingerprint density at radius 2 is 2.31 bits per heavy atom. The van der Waals surface area contributed by atoms with Gasteiger partial charge in [-0.1, -0.05) is 25.4 Å². The summed E-state index contributed by atoms with van der Waals surface area (Å²) in [5, 5.41) is 4.70. The first-order chi connectivity index (χ1) is 7.65. The van der Waals surface area contributed by atoms with Crippen molar-refractivity contribution in [2.45, 2.75) is 45.7 Å². The SMILES string of the molecule is CC1CCC(NCc2ncc(Cl)s2)C(C)C1. The van der Waals surface area contributed by atoms with E-state index in [9.17, 15) is 0 Å². The van der Waals surface area contributed by atoms with Gasteiger partial charge in [0.05, 0.1) is 6.20 Å². The van der Waals surface area contributed by atoms with Crippen molar-refractivity contribution in [1.82, 2.24) is 10.3 Å². The Bertz CT molecular complexity index is 340. The highest BCUT2D eigenvalue weighted by molar-refractivity contribution is 7.15. The number of aromatic nitrogens is 1. The van der Waals surface area contributed by atoms with E-state index in [0.29, 0.717) is 6.04 Å². The van der Waals surface area contributed by atoms with Gasteiger partial charge < -0.3 is 5.32 Å².